The Morgan fingerprint density at radius 1 is 1.10 bits per heavy atom. The first kappa shape index (κ1) is 15.7. The fourth-order valence-corrected chi connectivity index (χ4v) is 2.06. The Labute approximate surface area is 130 Å². The van der Waals surface area contributed by atoms with E-state index in [0.29, 0.717) is 12.2 Å². The van der Waals surface area contributed by atoms with Crippen LogP contribution in [0.2, 0.25) is 0 Å². The molecule has 0 aliphatic rings. The van der Waals surface area contributed by atoms with Crippen LogP contribution in [0.1, 0.15) is 21.5 Å². The second kappa shape index (κ2) is 7.33. The van der Waals surface area contributed by atoms with Gasteiger partial charge in [-0.05, 0) is 35.4 Å². The van der Waals surface area contributed by atoms with E-state index in [4.69, 9.17) is 4.74 Å². The largest absolute Gasteiger partial charge is 0.465 e. The van der Waals surface area contributed by atoms with Crippen LogP contribution in [0.4, 0.5) is 4.39 Å². The molecule has 0 N–H and O–H groups in total. The summed E-state index contributed by atoms with van der Waals surface area (Å²) in [5, 5.41) is 0. The number of carbonyl (C=O) groups excluding carboxylic acids is 1. The normalized spacial score (nSPS) is 10.4. The van der Waals surface area contributed by atoms with Gasteiger partial charge in [0, 0.05) is 4.47 Å². The standard InChI is InChI=1S/C16H14BrFO3/c1-20-16(19)14-7-4-12(8-15(14)18)10-21-9-11-2-5-13(17)6-3-11/h2-8H,9-10H2,1H3. The van der Waals surface area contributed by atoms with Gasteiger partial charge in [-0.3, -0.25) is 0 Å². The van der Waals surface area contributed by atoms with Crippen molar-refractivity contribution in [1.29, 1.82) is 0 Å². The molecule has 0 amide bonds. The highest BCUT2D eigenvalue weighted by atomic mass is 79.9. The van der Waals surface area contributed by atoms with E-state index in [9.17, 15) is 9.18 Å². The van der Waals surface area contributed by atoms with Crippen LogP contribution in [0.3, 0.4) is 0 Å². The summed E-state index contributed by atoms with van der Waals surface area (Å²) in [6.45, 7) is 0.710. The molecule has 2 aromatic carbocycles. The summed E-state index contributed by atoms with van der Waals surface area (Å²) in [6.07, 6.45) is 0. The molecule has 5 heteroatoms. The van der Waals surface area contributed by atoms with Crippen molar-refractivity contribution < 1.29 is 18.7 Å². The van der Waals surface area contributed by atoms with Crippen LogP contribution in [0, 0.1) is 5.82 Å². The lowest BCUT2D eigenvalue weighted by Crippen LogP contribution is -2.05. The molecule has 0 unspecified atom stereocenters. The van der Waals surface area contributed by atoms with E-state index in [0.717, 1.165) is 10.0 Å². The van der Waals surface area contributed by atoms with E-state index >= 15 is 0 Å². The van der Waals surface area contributed by atoms with E-state index in [1.807, 2.05) is 24.3 Å². The molecule has 0 fully saturated rings. The lowest BCUT2D eigenvalue weighted by Gasteiger charge is -2.07. The molecule has 0 bridgehead atoms. The van der Waals surface area contributed by atoms with Gasteiger partial charge in [-0.2, -0.15) is 0 Å². The fraction of sp³-hybridized carbons (Fsp3) is 0.188. The zero-order valence-electron chi connectivity index (χ0n) is 11.4. The summed E-state index contributed by atoms with van der Waals surface area (Å²) < 4.78 is 24.7. The number of rotatable bonds is 5. The Bertz CT molecular complexity index is 626. The molecular weight excluding hydrogens is 339 g/mol. The molecular formula is C16H14BrFO3. The first-order valence-corrected chi connectivity index (χ1v) is 7.08. The van der Waals surface area contributed by atoms with Crippen molar-refractivity contribution in [2.24, 2.45) is 0 Å². The van der Waals surface area contributed by atoms with Gasteiger partial charge in [0.25, 0.3) is 0 Å². The summed E-state index contributed by atoms with van der Waals surface area (Å²) in [6, 6.07) is 12.1. The molecule has 3 nitrogen and oxygen atoms in total. The molecule has 21 heavy (non-hydrogen) atoms. The second-order valence-corrected chi connectivity index (χ2v) is 5.34. The average Bonchev–Trinajstić information content (AvgIpc) is 2.49. The molecule has 0 aliphatic heterocycles. The highest BCUT2D eigenvalue weighted by Crippen LogP contribution is 2.14. The van der Waals surface area contributed by atoms with Crippen LogP contribution in [0.25, 0.3) is 0 Å². The number of ether oxygens (including phenoxy) is 2. The Hall–Kier alpha value is -1.72. The van der Waals surface area contributed by atoms with Crippen molar-refractivity contribution in [3.63, 3.8) is 0 Å². The average molecular weight is 353 g/mol. The topological polar surface area (TPSA) is 35.5 Å². The maximum absolute atomic E-state index is 13.7. The van der Waals surface area contributed by atoms with Gasteiger partial charge in [0.15, 0.2) is 0 Å². The first-order chi connectivity index (χ1) is 10.1. The van der Waals surface area contributed by atoms with Crippen molar-refractivity contribution in [3.8, 4) is 0 Å². The van der Waals surface area contributed by atoms with E-state index in [-0.39, 0.29) is 12.2 Å². The lowest BCUT2D eigenvalue weighted by molar-refractivity contribution is 0.0595. The van der Waals surface area contributed by atoms with Crippen molar-refractivity contribution in [2.45, 2.75) is 13.2 Å². The minimum absolute atomic E-state index is 0.0749. The van der Waals surface area contributed by atoms with Gasteiger partial charge < -0.3 is 9.47 Å². The third-order valence-electron chi connectivity index (χ3n) is 2.89. The zero-order chi connectivity index (χ0) is 15.2. The SMILES string of the molecule is COC(=O)c1ccc(COCc2ccc(Br)cc2)cc1F. The Morgan fingerprint density at radius 3 is 2.33 bits per heavy atom. The summed E-state index contributed by atoms with van der Waals surface area (Å²) in [7, 11) is 1.22. The van der Waals surface area contributed by atoms with Crippen LogP contribution in [-0.2, 0) is 22.7 Å². The fourth-order valence-electron chi connectivity index (χ4n) is 1.79. The van der Waals surface area contributed by atoms with Crippen LogP contribution < -0.4 is 0 Å². The van der Waals surface area contributed by atoms with Crippen LogP contribution >= 0.6 is 15.9 Å². The third-order valence-corrected chi connectivity index (χ3v) is 3.42. The number of hydrogen-bond acceptors (Lipinski definition) is 3. The predicted octanol–water partition coefficient (Wildman–Crippen LogP) is 4.09. The second-order valence-electron chi connectivity index (χ2n) is 4.43. The maximum Gasteiger partial charge on any atom is 0.340 e. The molecule has 0 saturated carbocycles. The molecule has 0 saturated heterocycles. The Morgan fingerprint density at radius 2 is 1.71 bits per heavy atom. The van der Waals surface area contributed by atoms with Crippen molar-refractivity contribution in [3.05, 3.63) is 69.4 Å². The molecule has 0 atom stereocenters. The van der Waals surface area contributed by atoms with Gasteiger partial charge in [0.05, 0.1) is 25.9 Å². The number of benzene rings is 2. The minimum Gasteiger partial charge on any atom is -0.465 e. The molecule has 0 radical (unpaired) electrons. The molecule has 0 aromatic heterocycles. The highest BCUT2D eigenvalue weighted by Gasteiger charge is 2.12. The van der Waals surface area contributed by atoms with Crippen molar-refractivity contribution >= 4 is 21.9 Å². The van der Waals surface area contributed by atoms with Crippen molar-refractivity contribution in [2.75, 3.05) is 7.11 Å². The maximum atomic E-state index is 13.7. The third kappa shape index (κ3) is 4.37. The number of halogens is 2. The molecule has 0 heterocycles. The van der Waals surface area contributed by atoms with Gasteiger partial charge in [-0.1, -0.05) is 34.1 Å². The van der Waals surface area contributed by atoms with Gasteiger partial charge in [-0.25, -0.2) is 9.18 Å². The molecule has 2 aromatic rings. The van der Waals surface area contributed by atoms with E-state index in [1.54, 1.807) is 6.07 Å². The lowest BCUT2D eigenvalue weighted by atomic mass is 10.1. The summed E-state index contributed by atoms with van der Waals surface area (Å²) >= 11 is 3.36. The number of esters is 1. The monoisotopic (exact) mass is 352 g/mol. The molecule has 2 rings (SSSR count). The smallest absolute Gasteiger partial charge is 0.340 e. The molecule has 0 spiro atoms. The first-order valence-electron chi connectivity index (χ1n) is 6.29. The number of carbonyl (C=O) groups is 1. The van der Waals surface area contributed by atoms with Crippen LogP contribution in [0.15, 0.2) is 46.9 Å². The van der Waals surface area contributed by atoms with E-state index in [1.165, 1.54) is 19.2 Å². The Kier molecular flexibility index (Phi) is 5.47. The zero-order valence-corrected chi connectivity index (χ0v) is 13.0. The van der Waals surface area contributed by atoms with Gasteiger partial charge in [0.2, 0.25) is 0 Å². The number of methoxy groups -OCH3 is 1. The summed E-state index contributed by atoms with van der Waals surface area (Å²) in [4.78, 5) is 11.3. The molecule has 110 valence electrons. The highest BCUT2D eigenvalue weighted by molar-refractivity contribution is 9.10. The minimum atomic E-state index is -0.685. The van der Waals surface area contributed by atoms with Gasteiger partial charge >= 0.3 is 5.97 Å². The van der Waals surface area contributed by atoms with Gasteiger partial charge in [-0.15, -0.1) is 0 Å². The predicted molar refractivity (Wildman–Crippen MR) is 80.4 cm³/mol. The van der Waals surface area contributed by atoms with E-state index in [2.05, 4.69) is 20.7 Å². The summed E-state index contributed by atoms with van der Waals surface area (Å²) in [5.41, 5.74) is 1.62. The van der Waals surface area contributed by atoms with Crippen molar-refractivity contribution in [1.82, 2.24) is 0 Å². The van der Waals surface area contributed by atoms with Crippen LogP contribution in [-0.4, -0.2) is 13.1 Å². The molecule has 0 aliphatic carbocycles. The summed E-state index contributed by atoms with van der Waals surface area (Å²) in [5.74, 6) is -1.29. The van der Waals surface area contributed by atoms with Gasteiger partial charge in [0.1, 0.15) is 5.82 Å². The number of hydrogen-bond donors (Lipinski definition) is 0. The van der Waals surface area contributed by atoms with Crippen LogP contribution in [0.5, 0.6) is 0 Å². The Balaban J connectivity index is 1.93. The van der Waals surface area contributed by atoms with E-state index < -0.39 is 11.8 Å². The quantitative estimate of drug-likeness (QED) is 0.760.